The van der Waals surface area contributed by atoms with E-state index in [-0.39, 0.29) is 23.9 Å². The summed E-state index contributed by atoms with van der Waals surface area (Å²) in [5.74, 6) is -0.208. The van der Waals surface area contributed by atoms with E-state index in [0.29, 0.717) is 19.6 Å². The first-order valence-electron chi connectivity index (χ1n) is 7.26. The molecular weight excluding hydrogens is 246 g/mol. The maximum atomic E-state index is 12.2. The van der Waals surface area contributed by atoms with E-state index >= 15 is 0 Å². The molecule has 0 aliphatic carbocycles. The molecule has 5 heteroatoms. The van der Waals surface area contributed by atoms with Crippen LogP contribution in [-0.4, -0.2) is 49.2 Å². The molecule has 2 fully saturated rings. The lowest BCUT2D eigenvalue weighted by atomic mass is 9.97. The minimum absolute atomic E-state index is 0.0791. The second-order valence-electron chi connectivity index (χ2n) is 5.27. The van der Waals surface area contributed by atoms with Crippen LogP contribution in [0, 0.1) is 5.92 Å². The molecule has 0 saturated carbocycles. The Kier molecular flexibility index (Phi) is 5.19. The number of hydrogen-bond donors (Lipinski definition) is 0. The number of esters is 1. The van der Waals surface area contributed by atoms with Gasteiger partial charge in [-0.25, -0.2) is 0 Å². The topological polar surface area (TPSA) is 55.8 Å². The van der Waals surface area contributed by atoms with Crippen LogP contribution in [0.2, 0.25) is 0 Å². The van der Waals surface area contributed by atoms with Crippen molar-refractivity contribution in [2.75, 3.05) is 26.3 Å². The van der Waals surface area contributed by atoms with Crippen LogP contribution < -0.4 is 0 Å². The highest BCUT2D eigenvalue weighted by Crippen LogP contribution is 2.21. The van der Waals surface area contributed by atoms with Crippen LogP contribution in [0.5, 0.6) is 0 Å². The first-order valence-corrected chi connectivity index (χ1v) is 7.26. The fourth-order valence-corrected chi connectivity index (χ4v) is 2.79. The average Bonchev–Trinajstić information content (AvgIpc) is 2.92. The molecule has 0 bridgehead atoms. The Bertz CT molecular complexity index is 325. The number of ether oxygens (including phenoxy) is 2. The molecule has 108 valence electrons. The Morgan fingerprint density at radius 1 is 1.32 bits per heavy atom. The van der Waals surface area contributed by atoms with Gasteiger partial charge < -0.3 is 14.4 Å². The van der Waals surface area contributed by atoms with Crippen LogP contribution in [0.15, 0.2) is 0 Å². The van der Waals surface area contributed by atoms with Crippen molar-refractivity contribution in [3.05, 3.63) is 0 Å². The van der Waals surface area contributed by atoms with E-state index in [9.17, 15) is 9.59 Å². The lowest BCUT2D eigenvalue weighted by Crippen LogP contribution is -2.43. The Balaban J connectivity index is 1.82. The lowest BCUT2D eigenvalue weighted by molar-refractivity contribution is -0.151. The number of rotatable bonds is 4. The summed E-state index contributed by atoms with van der Waals surface area (Å²) in [5.41, 5.74) is 0. The molecule has 2 rings (SSSR count). The van der Waals surface area contributed by atoms with Crippen molar-refractivity contribution in [3.63, 3.8) is 0 Å². The van der Waals surface area contributed by atoms with Gasteiger partial charge in [-0.1, -0.05) is 0 Å². The second kappa shape index (κ2) is 6.89. The molecule has 0 aromatic carbocycles. The largest absolute Gasteiger partial charge is 0.466 e. The number of nitrogens with zero attached hydrogens (tertiary/aromatic N) is 1. The fraction of sp³-hybridized carbons (Fsp3) is 0.857. The SMILES string of the molecule is CCOC(=O)[C@@H]1CCCN(C(=O)CC2CCCO2)C1. The number of carbonyl (C=O) groups is 2. The van der Waals surface area contributed by atoms with E-state index in [4.69, 9.17) is 9.47 Å². The summed E-state index contributed by atoms with van der Waals surface area (Å²) in [7, 11) is 0. The van der Waals surface area contributed by atoms with Gasteiger partial charge in [0.25, 0.3) is 0 Å². The summed E-state index contributed by atoms with van der Waals surface area (Å²) in [6.45, 7) is 4.23. The number of hydrogen-bond acceptors (Lipinski definition) is 4. The minimum atomic E-state index is -0.169. The molecule has 0 aromatic rings. The predicted molar refractivity (Wildman–Crippen MR) is 69.5 cm³/mol. The number of carbonyl (C=O) groups excluding carboxylic acids is 2. The molecule has 2 heterocycles. The fourth-order valence-electron chi connectivity index (χ4n) is 2.79. The molecule has 1 unspecified atom stereocenters. The molecule has 2 atom stereocenters. The summed E-state index contributed by atoms with van der Waals surface area (Å²) in [4.78, 5) is 25.7. The molecule has 1 amide bonds. The first kappa shape index (κ1) is 14.3. The summed E-state index contributed by atoms with van der Waals surface area (Å²) in [6, 6.07) is 0. The van der Waals surface area contributed by atoms with Crippen LogP contribution >= 0.6 is 0 Å². The van der Waals surface area contributed by atoms with Gasteiger partial charge in [0, 0.05) is 19.7 Å². The van der Waals surface area contributed by atoms with Gasteiger partial charge in [0.1, 0.15) is 0 Å². The van der Waals surface area contributed by atoms with Gasteiger partial charge in [0.05, 0.1) is 25.0 Å². The molecule has 2 saturated heterocycles. The van der Waals surface area contributed by atoms with Crippen LogP contribution in [0.4, 0.5) is 0 Å². The molecule has 0 radical (unpaired) electrons. The third-order valence-corrected chi connectivity index (χ3v) is 3.82. The quantitative estimate of drug-likeness (QED) is 0.723. The van der Waals surface area contributed by atoms with Crippen molar-refractivity contribution >= 4 is 11.9 Å². The Morgan fingerprint density at radius 3 is 2.84 bits per heavy atom. The zero-order valence-corrected chi connectivity index (χ0v) is 11.6. The summed E-state index contributed by atoms with van der Waals surface area (Å²) >= 11 is 0. The molecule has 0 aromatic heterocycles. The van der Waals surface area contributed by atoms with E-state index in [1.807, 2.05) is 0 Å². The summed E-state index contributed by atoms with van der Waals surface area (Å²) < 4.78 is 10.5. The number of amides is 1. The monoisotopic (exact) mass is 269 g/mol. The normalized spacial score (nSPS) is 27.3. The third-order valence-electron chi connectivity index (χ3n) is 3.82. The van der Waals surface area contributed by atoms with Crippen molar-refractivity contribution in [1.82, 2.24) is 4.90 Å². The maximum Gasteiger partial charge on any atom is 0.310 e. The zero-order valence-electron chi connectivity index (χ0n) is 11.6. The van der Waals surface area contributed by atoms with Crippen molar-refractivity contribution in [2.45, 2.75) is 45.1 Å². The molecular formula is C14H23NO4. The van der Waals surface area contributed by atoms with Crippen LogP contribution in [0.25, 0.3) is 0 Å². The van der Waals surface area contributed by atoms with Gasteiger partial charge in [-0.15, -0.1) is 0 Å². The van der Waals surface area contributed by atoms with Gasteiger partial charge in [-0.2, -0.15) is 0 Å². The highest BCUT2D eigenvalue weighted by molar-refractivity contribution is 5.79. The highest BCUT2D eigenvalue weighted by atomic mass is 16.5. The number of likely N-dealkylation sites (tertiary alicyclic amines) is 1. The number of piperidine rings is 1. The van der Waals surface area contributed by atoms with Gasteiger partial charge in [-0.3, -0.25) is 9.59 Å². The Morgan fingerprint density at radius 2 is 2.16 bits per heavy atom. The van der Waals surface area contributed by atoms with Gasteiger partial charge in [0.15, 0.2) is 0 Å². The van der Waals surface area contributed by atoms with Gasteiger partial charge in [-0.05, 0) is 32.6 Å². The van der Waals surface area contributed by atoms with Crippen LogP contribution in [0.3, 0.4) is 0 Å². The zero-order chi connectivity index (χ0) is 13.7. The average molecular weight is 269 g/mol. The van der Waals surface area contributed by atoms with E-state index in [1.165, 1.54) is 0 Å². The highest BCUT2D eigenvalue weighted by Gasteiger charge is 2.30. The summed E-state index contributed by atoms with van der Waals surface area (Å²) in [5, 5.41) is 0. The van der Waals surface area contributed by atoms with Gasteiger partial charge in [0.2, 0.25) is 5.91 Å². The third kappa shape index (κ3) is 3.93. The van der Waals surface area contributed by atoms with Crippen LogP contribution in [0.1, 0.15) is 39.0 Å². The first-order chi connectivity index (χ1) is 9.20. The van der Waals surface area contributed by atoms with E-state index < -0.39 is 0 Å². The van der Waals surface area contributed by atoms with Crippen molar-refractivity contribution in [2.24, 2.45) is 5.92 Å². The summed E-state index contributed by atoms with van der Waals surface area (Å²) in [6.07, 6.45) is 4.25. The molecule has 0 spiro atoms. The second-order valence-corrected chi connectivity index (χ2v) is 5.27. The molecule has 2 aliphatic rings. The Labute approximate surface area is 114 Å². The standard InChI is InChI=1S/C14H23NO4/c1-2-18-14(17)11-5-3-7-15(10-11)13(16)9-12-6-4-8-19-12/h11-12H,2-10H2,1H3/t11-,12?/m1/s1. The van der Waals surface area contributed by atoms with E-state index in [2.05, 4.69) is 0 Å². The molecule has 2 aliphatic heterocycles. The van der Waals surface area contributed by atoms with Crippen LogP contribution in [-0.2, 0) is 19.1 Å². The van der Waals surface area contributed by atoms with Crippen molar-refractivity contribution in [1.29, 1.82) is 0 Å². The molecule has 19 heavy (non-hydrogen) atoms. The molecule has 0 N–H and O–H groups in total. The lowest BCUT2D eigenvalue weighted by Gasteiger charge is -2.32. The predicted octanol–water partition coefficient (Wildman–Crippen LogP) is 1.36. The molecule has 5 nitrogen and oxygen atoms in total. The van der Waals surface area contributed by atoms with Gasteiger partial charge >= 0.3 is 5.97 Å². The maximum absolute atomic E-state index is 12.2. The van der Waals surface area contributed by atoms with E-state index in [1.54, 1.807) is 11.8 Å². The van der Waals surface area contributed by atoms with Crippen molar-refractivity contribution in [3.8, 4) is 0 Å². The van der Waals surface area contributed by atoms with Crippen molar-refractivity contribution < 1.29 is 19.1 Å². The smallest absolute Gasteiger partial charge is 0.310 e. The van der Waals surface area contributed by atoms with E-state index in [0.717, 1.165) is 38.8 Å². The Hall–Kier alpha value is -1.10. The minimum Gasteiger partial charge on any atom is -0.466 e.